The number of primary amides is 1. The molecule has 0 radical (unpaired) electrons. The Morgan fingerprint density at radius 3 is 2.41 bits per heavy atom. The highest BCUT2D eigenvalue weighted by molar-refractivity contribution is 7.92. The highest BCUT2D eigenvalue weighted by atomic mass is 35.5. The van der Waals surface area contributed by atoms with Gasteiger partial charge in [0.15, 0.2) is 0 Å². The summed E-state index contributed by atoms with van der Waals surface area (Å²) in [6, 6.07) is 15.3. The van der Waals surface area contributed by atoms with E-state index in [0.717, 1.165) is 18.1 Å². The highest BCUT2D eigenvalue weighted by Crippen LogP contribution is 2.44. The van der Waals surface area contributed by atoms with Gasteiger partial charge in [0.05, 0.1) is 34.4 Å². The number of hydrogen-bond donors (Lipinski definition) is 1. The van der Waals surface area contributed by atoms with Crippen molar-refractivity contribution in [3.05, 3.63) is 87.9 Å². The summed E-state index contributed by atoms with van der Waals surface area (Å²) < 4.78 is 70.8. The summed E-state index contributed by atoms with van der Waals surface area (Å²) in [5.74, 6) is -0.346. The van der Waals surface area contributed by atoms with Gasteiger partial charge in [-0.2, -0.15) is 13.2 Å². The van der Waals surface area contributed by atoms with E-state index in [1.54, 1.807) is 36.4 Å². The number of hydrogen-bond acceptors (Lipinski definition) is 5. The number of carbonyl (C=O) groups excluding carboxylic acids is 1. The standard InChI is InChI=1S/C32H32ClF3N4O3S/c1-21-5-2-6-24(17-21)44(42,43)40-20-23-19-38(31(30(37)41)13-4-14-31)15-16-39(23)28-12-10-22(18-29(28)40)9-11-25-26(32(34,35)36)7-3-8-27(25)33/h2-3,5-12,17-18,23H,4,13-16,19-20H2,1H3,(H2,37,41)/b11-9+/t23-/m0/s1. The number of nitrogens with zero attached hydrogens (tertiary/aromatic N) is 3. The lowest BCUT2D eigenvalue weighted by molar-refractivity contribution is -0.138. The van der Waals surface area contributed by atoms with Gasteiger partial charge in [0.1, 0.15) is 5.54 Å². The molecule has 0 spiro atoms. The lowest BCUT2D eigenvalue weighted by atomic mass is 9.74. The van der Waals surface area contributed by atoms with E-state index in [2.05, 4.69) is 9.80 Å². The van der Waals surface area contributed by atoms with E-state index in [1.165, 1.54) is 28.6 Å². The average molecular weight is 645 g/mol. The molecule has 12 heteroatoms. The smallest absolute Gasteiger partial charge is 0.368 e. The predicted octanol–water partition coefficient (Wildman–Crippen LogP) is 5.95. The molecule has 3 aliphatic rings. The molecule has 1 saturated carbocycles. The molecule has 7 nitrogen and oxygen atoms in total. The summed E-state index contributed by atoms with van der Waals surface area (Å²) in [5, 5.41) is -0.0430. The van der Waals surface area contributed by atoms with Crippen LogP contribution < -0.4 is 14.9 Å². The fraction of sp³-hybridized carbons (Fsp3) is 0.344. The zero-order valence-corrected chi connectivity index (χ0v) is 25.6. The maximum Gasteiger partial charge on any atom is 0.417 e. The first-order valence-electron chi connectivity index (χ1n) is 14.4. The molecule has 2 heterocycles. The number of benzene rings is 3. The van der Waals surface area contributed by atoms with Gasteiger partial charge >= 0.3 is 6.18 Å². The lowest BCUT2D eigenvalue weighted by Gasteiger charge is -2.55. The van der Waals surface area contributed by atoms with Gasteiger partial charge in [0.25, 0.3) is 10.0 Å². The van der Waals surface area contributed by atoms with E-state index < -0.39 is 27.3 Å². The minimum atomic E-state index is -4.59. The minimum absolute atomic E-state index is 0.0430. The van der Waals surface area contributed by atoms with Crippen molar-refractivity contribution < 1.29 is 26.4 Å². The number of halogens is 4. The quantitative estimate of drug-likeness (QED) is 0.336. The molecule has 0 unspecified atom stereocenters. The molecule has 2 fully saturated rings. The first kappa shape index (κ1) is 30.5. The summed E-state index contributed by atoms with van der Waals surface area (Å²) in [4.78, 5) is 16.9. The summed E-state index contributed by atoms with van der Waals surface area (Å²) in [7, 11) is -4.02. The largest absolute Gasteiger partial charge is 0.417 e. The fourth-order valence-corrected chi connectivity index (χ4v) is 8.44. The Morgan fingerprint density at radius 2 is 1.75 bits per heavy atom. The first-order valence-corrected chi connectivity index (χ1v) is 16.2. The minimum Gasteiger partial charge on any atom is -0.368 e. The normalized spacial score (nSPS) is 20.2. The van der Waals surface area contributed by atoms with Crippen molar-refractivity contribution in [2.24, 2.45) is 5.73 Å². The molecule has 0 aromatic heterocycles. The topological polar surface area (TPSA) is 87.0 Å². The third-order valence-electron chi connectivity index (χ3n) is 9.06. The van der Waals surface area contributed by atoms with Crippen molar-refractivity contribution in [1.29, 1.82) is 0 Å². The molecule has 2 N–H and O–H groups in total. The number of carbonyl (C=O) groups is 1. The Hall–Kier alpha value is -3.54. The Kier molecular flexibility index (Phi) is 7.70. The Morgan fingerprint density at radius 1 is 1.00 bits per heavy atom. The van der Waals surface area contributed by atoms with Crippen LogP contribution in [0.3, 0.4) is 0 Å². The van der Waals surface area contributed by atoms with Crippen LogP contribution in [0.2, 0.25) is 5.02 Å². The van der Waals surface area contributed by atoms with Crippen LogP contribution in [-0.4, -0.2) is 57.0 Å². The number of fused-ring (bicyclic) bond motifs is 3. The van der Waals surface area contributed by atoms with Gasteiger partial charge in [0, 0.05) is 30.2 Å². The summed E-state index contributed by atoms with van der Waals surface area (Å²) in [6.45, 7) is 3.58. The number of rotatable bonds is 6. The lowest BCUT2D eigenvalue weighted by Crippen LogP contribution is -2.70. The maximum absolute atomic E-state index is 14.2. The Balaban J connectivity index is 1.41. The number of alkyl halides is 3. The van der Waals surface area contributed by atoms with Gasteiger partial charge < -0.3 is 10.6 Å². The predicted molar refractivity (Wildman–Crippen MR) is 166 cm³/mol. The third kappa shape index (κ3) is 5.24. The maximum atomic E-state index is 14.2. The van der Waals surface area contributed by atoms with E-state index >= 15 is 0 Å². The van der Waals surface area contributed by atoms with Crippen LogP contribution in [0.5, 0.6) is 0 Å². The molecule has 1 amide bonds. The molecule has 6 rings (SSSR count). The average Bonchev–Trinajstić information content (AvgIpc) is 2.94. The molecule has 2 aliphatic heterocycles. The summed E-state index contributed by atoms with van der Waals surface area (Å²) >= 11 is 6.16. The number of nitrogens with two attached hydrogens (primary N) is 1. The number of sulfonamides is 1. The third-order valence-corrected chi connectivity index (χ3v) is 11.2. The molecule has 1 atom stereocenters. The van der Waals surface area contributed by atoms with E-state index in [9.17, 15) is 26.4 Å². The number of amides is 1. The second-order valence-electron chi connectivity index (χ2n) is 11.7. The highest BCUT2D eigenvalue weighted by Gasteiger charge is 2.51. The van der Waals surface area contributed by atoms with Crippen LogP contribution in [0.25, 0.3) is 12.2 Å². The second-order valence-corrected chi connectivity index (χ2v) is 13.9. The zero-order chi connectivity index (χ0) is 31.4. The molecule has 232 valence electrons. The molecule has 1 saturated heterocycles. The van der Waals surface area contributed by atoms with Crippen LogP contribution in [0.1, 0.15) is 41.5 Å². The van der Waals surface area contributed by atoms with Gasteiger partial charge in [-0.1, -0.05) is 48.0 Å². The van der Waals surface area contributed by atoms with Crippen LogP contribution in [0, 0.1) is 6.92 Å². The molecular weight excluding hydrogens is 613 g/mol. The first-order chi connectivity index (χ1) is 20.8. The van der Waals surface area contributed by atoms with Crippen molar-refractivity contribution in [2.75, 3.05) is 35.4 Å². The molecule has 3 aromatic rings. The van der Waals surface area contributed by atoms with Crippen molar-refractivity contribution in [3.8, 4) is 0 Å². The fourth-order valence-electron chi connectivity index (χ4n) is 6.59. The van der Waals surface area contributed by atoms with Gasteiger partial charge in [-0.05, 0) is 73.7 Å². The molecule has 0 bridgehead atoms. The molecule has 3 aromatic carbocycles. The summed E-state index contributed by atoms with van der Waals surface area (Å²) in [5.41, 5.74) is 6.56. The SMILES string of the molecule is Cc1cccc(S(=O)(=O)N2C[C@@H]3CN(C4(C(N)=O)CCC4)CCN3c3ccc(/C=C/c4c(Cl)cccc4C(F)(F)F)cc32)c1. The zero-order valence-electron chi connectivity index (χ0n) is 24.0. The van der Waals surface area contributed by atoms with Crippen molar-refractivity contribution in [2.45, 2.75) is 48.8 Å². The van der Waals surface area contributed by atoms with Gasteiger partial charge in [-0.15, -0.1) is 0 Å². The number of piperazine rings is 1. The van der Waals surface area contributed by atoms with Gasteiger partial charge in [0.2, 0.25) is 5.91 Å². The van der Waals surface area contributed by atoms with Crippen LogP contribution in [-0.2, 0) is 21.0 Å². The number of anilines is 2. The van der Waals surface area contributed by atoms with Crippen LogP contribution >= 0.6 is 11.6 Å². The van der Waals surface area contributed by atoms with E-state index in [0.29, 0.717) is 49.4 Å². The van der Waals surface area contributed by atoms with Crippen LogP contribution in [0.15, 0.2) is 65.6 Å². The van der Waals surface area contributed by atoms with E-state index in [1.807, 2.05) is 13.0 Å². The Labute approximate surface area is 259 Å². The number of aryl methyl sites for hydroxylation is 1. The van der Waals surface area contributed by atoms with Crippen molar-refractivity contribution >= 4 is 51.1 Å². The monoisotopic (exact) mass is 644 g/mol. The second kappa shape index (κ2) is 11.1. The van der Waals surface area contributed by atoms with E-state index in [-0.39, 0.29) is 34.0 Å². The Bertz CT molecular complexity index is 1760. The van der Waals surface area contributed by atoms with Gasteiger partial charge in [-0.25, -0.2) is 8.42 Å². The van der Waals surface area contributed by atoms with Crippen molar-refractivity contribution in [3.63, 3.8) is 0 Å². The molecule has 1 aliphatic carbocycles. The van der Waals surface area contributed by atoms with E-state index in [4.69, 9.17) is 17.3 Å². The van der Waals surface area contributed by atoms with Gasteiger partial charge in [-0.3, -0.25) is 14.0 Å². The van der Waals surface area contributed by atoms with Crippen LogP contribution in [0.4, 0.5) is 24.5 Å². The molecule has 44 heavy (non-hydrogen) atoms. The van der Waals surface area contributed by atoms with Crippen molar-refractivity contribution in [1.82, 2.24) is 4.90 Å². The molecular formula is C32H32ClF3N4O3S. The summed E-state index contributed by atoms with van der Waals surface area (Å²) in [6.07, 6.45) is 0.509.